The first-order valence-corrected chi connectivity index (χ1v) is 11.8. The number of ketones is 2. The number of carbonyl (C=O) groups is 2. The fraction of sp³-hybridized carbons (Fsp3) is 0.357. The third-order valence-corrected chi connectivity index (χ3v) is 6.48. The van der Waals surface area contributed by atoms with E-state index in [4.69, 9.17) is 14.2 Å². The molecule has 0 atom stereocenters. The molecule has 5 nitrogen and oxygen atoms in total. The first-order chi connectivity index (χ1) is 16.2. The lowest BCUT2D eigenvalue weighted by Gasteiger charge is -2.36. The van der Waals surface area contributed by atoms with Gasteiger partial charge in [0, 0.05) is 42.7 Å². The van der Waals surface area contributed by atoms with Gasteiger partial charge in [-0.15, -0.1) is 0 Å². The summed E-state index contributed by atoms with van der Waals surface area (Å²) in [7, 11) is 0. The van der Waals surface area contributed by atoms with E-state index >= 15 is 0 Å². The number of hydrogen-bond donors (Lipinski definition) is 0. The zero-order chi connectivity index (χ0) is 22.8. The van der Waals surface area contributed by atoms with Gasteiger partial charge in [-0.05, 0) is 43.0 Å². The van der Waals surface area contributed by atoms with Crippen LogP contribution in [0.1, 0.15) is 62.5 Å². The van der Waals surface area contributed by atoms with Crippen molar-refractivity contribution < 1.29 is 23.8 Å². The van der Waals surface area contributed by atoms with Gasteiger partial charge in [0.15, 0.2) is 23.1 Å². The topological polar surface area (TPSA) is 61.8 Å². The average Bonchev–Trinajstić information content (AvgIpc) is 2.83. The number of carbonyl (C=O) groups excluding carboxylic acids is 2. The van der Waals surface area contributed by atoms with Gasteiger partial charge >= 0.3 is 0 Å². The average molecular weight is 445 g/mol. The maximum atomic E-state index is 13.0. The van der Waals surface area contributed by atoms with Crippen molar-refractivity contribution in [2.45, 2.75) is 58.0 Å². The van der Waals surface area contributed by atoms with Crippen LogP contribution in [0.4, 0.5) is 0 Å². The minimum atomic E-state index is -0.397. The van der Waals surface area contributed by atoms with Gasteiger partial charge in [0.05, 0.1) is 6.61 Å². The summed E-state index contributed by atoms with van der Waals surface area (Å²) < 4.78 is 18.1. The Kier molecular flexibility index (Phi) is 6.03. The molecule has 1 aliphatic heterocycles. The van der Waals surface area contributed by atoms with E-state index in [1.54, 1.807) is 0 Å². The van der Waals surface area contributed by atoms with Gasteiger partial charge in [-0.1, -0.05) is 36.4 Å². The van der Waals surface area contributed by atoms with Crippen molar-refractivity contribution >= 4 is 11.6 Å². The summed E-state index contributed by atoms with van der Waals surface area (Å²) in [4.78, 5) is 26.0. The van der Waals surface area contributed by atoms with Gasteiger partial charge in [0.25, 0.3) is 0 Å². The molecule has 0 saturated heterocycles. The van der Waals surface area contributed by atoms with Crippen LogP contribution in [0.2, 0.25) is 0 Å². The van der Waals surface area contributed by atoms with E-state index in [9.17, 15) is 9.59 Å². The monoisotopic (exact) mass is 444 g/mol. The normalized spacial score (nSPS) is 18.6. The van der Waals surface area contributed by atoms with Crippen molar-refractivity contribution in [1.82, 2.24) is 0 Å². The van der Waals surface area contributed by atoms with E-state index in [0.29, 0.717) is 48.7 Å². The summed E-state index contributed by atoms with van der Waals surface area (Å²) in [5.41, 5.74) is 3.24. The maximum absolute atomic E-state index is 13.0. The molecule has 0 N–H and O–H groups in total. The molecule has 2 aromatic carbocycles. The van der Waals surface area contributed by atoms with E-state index in [0.717, 1.165) is 48.3 Å². The molecule has 5 rings (SSSR count). The number of allylic oxidation sites excluding steroid dienone is 4. The zero-order valence-electron chi connectivity index (χ0n) is 18.9. The van der Waals surface area contributed by atoms with Crippen LogP contribution in [0.25, 0.3) is 0 Å². The molecular formula is C28H28O5. The van der Waals surface area contributed by atoms with Crippen LogP contribution in [0.5, 0.6) is 11.5 Å². The number of rotatable bonds is 6. The SMILES string of the molecule is CCOc1cc(C2C3=C(CCCC3=O)OC3=C2C(=O)CCC3)ccc1OCc1ccccc1. The molecular weight excluding hydrogens is 416 g/mol. The van der Waals surface area contributed by atoms with Crippen LogP contribution in [0, 0.1) is 0 Å². The Bertz CT molecular complexity index is 1100. The highest BCUT2D eigenvalue weighted by Crippen LogP contribution is 2.48. The third-order valence-electron chi connectivity index (χ3n) is 6.48. The van der Waals surface area contributed by atoms with Crippen molar-refractivity contribution in [3.8, 4) is 11.5 Å². The summed E-state index contributed by atoms with van der Waals surface area (Å²) in [5.74, 6) is 2.51. The lowest BCUT2D eigenvalue weighted by molar-refractivity contribution is -0.117. The van der Waals surface area contributed by atoms with Crippen LogP contribution in [0.15, 0.2) is 71.2 Å². The second-order valence-corrected chi connectivity index (χ2v) is 8.68. The minimum Gasteiger partial charge on any atom is -0.490 e. The first kappa shape index (κ1) is 21.5. The Hall–Kier alpha value is -3.34. The van der Waals surface area contributed by atoms with Crippen LogP contribution in [-0.4, -0.2) is 18.2 Å². The summed E-state index contributed by atoms with van der Waals surface area (Å²) in [5, 5.41) is 0. The highest BCUT2D eigenvalue weighted by molar-refractivity contribution is 6.05. The van der Waals surface area contributed by atoms with E-state index < -0.39 is 5.92 Å². The first-order valence-electron chi connectivity index (χ1n) is 11.8. The molecule has 0 aromatic heterocycles. The summed E-state index contributed by atoms with van der Waals surface area (Å²) >= 11 is 0. The highest BCUT2D eigenvalue weighted by Gasteiger charge is 2.41. The van der Waals surface area contributed by atoms with Gasteiger partial charge in [-0.3, -0.25) is 9.59 Å². The predicted octanol–water partition coefficient (Wildman–Crippen LogP) is 5.79. The van der Waals surface area contributed by atoms with Crippen molar-refractivity contribution in [3.63, 3.8) is 0 Å². The molecule has 0 bridgehead atoms. The largest absolute Gasteiger partial charge is 0.490 e. The molecule has 0 unspecified atom stereocenters. The molecule has 0 saturated carbocycles. The zero-order valence-corrected chi connectivity index (χ0v) is 18.9. The molecule has 1 heterocycles. The molecule has 3 aliphatic rings. The van der Waals surface area contributed by atoms with Gasteiger partial charge in [-0.2, -0.15) is 0 Å². The van der Waals surface area contributed by atoms with E-state index in [2.05, 4.69) is 0 Å². The summed E-state index contributed by atoms with van der Waals surface area (Å²) in [6.45, 7) is 2.84. The van der Waals surface area contributed by atoms with Crippen molar-refractivity contribution in [3.05, 3.63) is 82.3 Å². The molecule has 2 aliphatic carbocycles. The van der Waals surface area contributed by atoms with Gasteiger partial charge in [0.2, 0.25) is 0 Å². The van der Waals surface area contributed by atoms with Crippen molar-refractivity contribution in [1.29, 1.82) is 0 Å². The molecule has 0 radical (unpaired) electrons. The van der Waals surface area contributed by atoms with Gasteiger partial charge in [-0.25, -0.2) is 0 Å². The predicted molar refractivity (Wildman–Crippen MR) is 124 cm³/mol. The second kappa shape index (κ2) is 9.26. The number of benzene rings is 2. The van der Waals surface area contributed by atoms with Crippen LogP contribution < -0.4 is 9.47 Å². The Balaban J connectivity index is 1.54. The quantitative estimate of drug-likeness (QED) is 0.564. The molecule has 170 valence electrons. The smallest absolute Gasteiger partial charge is 0.163 e. The van der Waals surface area contributed by atoms with Crippen molar-refractivity contribution in [2.24, 2.45) is 0 Å². The lowest BCUT2D eigenvalue weighted by atomic mass is 9.73. The van der Waals surface area contributed by atoms with Crippen LogP contribution >= 0.6 is 0 Å². The Morgan fingerprint density at radius 2 is 1.48 bits per heavy atom. The Morgan fingerprint density at radius 1 is 0.818 bits per heavy atom. The highest BCUT2D eigenvalue weighted by atomic mass is 16.5. The standard InChI is InChI=1S/C28H28O5/c1-2-31-25-16-19(14-15-22(25)32-17-18-8-4-3-5-9-18)26-27-20(29)10-6-12-23(27)33-24-13-7-11-21(30)28(24)26/h3-5,8-9,14-16,26H,2,6-7,10-13,17H2,1H3. The lowest BCUT2D eigenvalue weighted by Crippen LogP contribution is -2.30. The second-order valence-electron chi connectivity index (χ2n) is 8.68. The van der Waals surface area contributed by atoms with Crippen LogP contribution in [-0.2, 0) is 20.9 Å². The van der Waals surface area contributed by atoms with Gasteiger partial charge in [0.1, 0.15) is 18.1 Å². The minimum absolute atomic E-state index is 0.0773. The molecule has 2 aromatic rings. The summed E-state index contributed by atoms with van der Waals surface area (Å²) in [6.07, 6.45) is 4.03. The van der Waals surface area contributed by atoms with Gasteiger partial charge < -0.3 is 14.2 Å². The van der Waals surface area contributed by atoms with E-state index in [1.165, 1.54) is 0 Å². The third kappa shape index (κ3) is 4.20. The number of hydrogen-bond acceptors (Lipinski definition) is 5. The maximum Gasteiger partial charge on any atom is 0.163 e. The number of ether oxygens (including phenoxy) is 3. The fourth-order valence-electron chi connectivity index (χ4n) is 4.98. The molecule has 5 heteroatoms. The number of Topliss-reactive ketones (excluding diaryl/α,β-unsaturated/α-hetero) is 2. The summed E-state index contributed by atoms with van der Waals surface area (Å²) in [6, 6.07) is 15.7. The van der Waals surface area contributed by atoms with Crippen LogP contribution in [0.3, 0.4) is 0 Å². The van der Waals surface area contributed by atoms with E-state index in [1.807, 2.05) is 55.5 Å². The molecule has 0 spiro atoms. The van der Waals surface area contributed by atoms with E-state index in [-0.39, 0.29) is 11.6 Å². The Labute approximate surface area is 194 Å². The molecule has 33 heavy (non-hydrogen) atoms. The molecule has 0 fully saturated rings. The molecule has 0 amide bonds. The van der Waals surface area contributed by atoms with Crippen molar-refractivity contribution in [2.75, 3.05) is 6.61 Å². The fourth-order valence-corrected chi connectivity index (χ4v) is 4.98. The Morgan fingerprint density at radius 3 is 2.12 bits per heavy atom.